The zero-order valence-corrected chi connectivity index (χ0v) is 12.2. The number of hydrogen-bond donors (Lipinski definition) is 1. The number of benzene rings is 1. The highest BCUT2D eigenvalue weighted by Crippen LogP contribution is 2.37. The van der Waals surface area contributed by atoms with E-state index in [4.69, 9.17) is 0 Å². The average molecular weight is 275 g/mol. The third-order valence-corrected chi connectivity index (χ3v) is 3.57. The number of nitrogens with one attached hydrogen (secondary N) is 1. The van der Waals surface area contributed by atoms with Crippen LogP contribution in [0.3, 0.4) is 0 Å². The van der Waals surface area contributed by atoms with Crippen molar-refractivity contribution in [3.63, 3.8) is 0 Å². The molecule has 1 aromatic carbocycles. The van der Waals surface area contributed by atoms with Crippen LogP contribution in [0.2, 0.25) is 0 Å². The van der Waals surface area contributed by atoms with Crippen molar-refractivity contribution in [2.75, 3.05) is 5.43 Å². The largest absolute Gasteiger partial charge is 0.278 e. The Kier molecular flexibility index (Phi) is 4.06. The first-order valence-electron chi connectivity index (χ1n) is 6.92. The third-order valence-electron chi connectivity index (χ3n) is 3.57. The SMILES string of the molecule is CC1CC(=NNc2cccc([N+](=O)[O-])c2)CC(C)(C)C1. The lowest BCUT2D eigenvalue weighted by Crippen LogP contribution is -2.28. The van der Waals surface area contributed by atoms with Gasteiger partial charge in [0, 0.05) is 17.8 Å². The van der Waals surface area contributed by atoms with Crippen molar-refractivity contribution in [3.8, 4) is 0 Å². The minimum atomic E-state index is -0.399. The Balaban J connectivity index is 2.09. The third kappa shape index (κ3) is 3.79. The van der Waals surface area contributed by atoms with Gasteiger partial charge in [-0.05, 0) is 36.7 Å². The van der Waals surface area contributed by atoms with Crippen molar-refractivity contribution < 1.29 is 4.92 Å². The first kappa shape index (κ1) is 14.5. The highest BCUT2D eigenvalue weighted by molar-refractivity contribution is 5.86. The van der Waals surface area contributed by atoms with E-state index < -0.39 is 4.92 Å². The summed E-state index contributed by atoms with van der Waals surface area (Å²) in [6.45, 7) is 6.75. The number of nitro groups is 1. The Morgan fingerprint density at radius 3 is 2.85 bits per heavy atom. The molecule has 1 aliphatic rings. The van der Waals surface area contributed by atoms with E-state index in [9.17, 15) is 10.1 Å². The number of anilines is 1. The van der Waals surface area contributed by atoms with Crippen LogP contribution in [0.15, 0.2) is 29.4 Å². The molecule has 20 heavy (non-hydrogen) atoms. The fourth-order valence-electron chi connectivity index (χ4n) is 3.03. The highest BCUT2D eigenvalue weighted by Gasteiger charge is 2.29. The summed E-state index contributed by atoms with van der Waals surface area (Å²) in [5.74, 6) is 0.629. The number of non-ortho nitro benzene ring substituents is 1. The van der Waals surface area contributed by atoms with Gasteiger partial charge in [-0.3, -0.25) is 15.5 Å². The minimum absolute atomic E-state index is 0.0764. The minimum Gasteiger partial charge on any atom is -0.278 e. The molecular formula is C15H21N3O2. The molecule has 0 saturated heterocycles. The van der Waals surface area contributed by atoms with Crippen molar-refractivity contribution >= 4 is 17.1 Å². The highest BCUT2D eigenvalue weighted by atomic mass is 16.6. The molecule has 1 fully saturated rings. The van der Waals surface area contributed by atoms with Crippen LogP contribution in [-0.2, 0) is 0 Å². The lowest BCUT2D eigenvalue weighted by atomic mass is 9.72. The Labute approximate surface area is 119 Å². The second-order valence-corrected chi connectivity index (χ2v) is 6.45. The van der Waals surface area contributed by atoms with Crippen molar-refractivity contribution in [2.45, 2.75) is 40.0 Å². The van der Waals surface area contributed by atoms with Crippen molar-refractivity contribution in [3.05, 3.63) is 34.4 Å². The van der Waals surface area contributed by atoms with Gasteiger partial charge in [-0.15, -0.1) is 0 Å². The zero-order chi connectivity index (χ0) is 14.8. The molecular weight excluding hydrogens is 254 g/mol. The van der Waals surface area contributed by atoms with Crippen LogP contribution in [0, 0.1) is 21.4 Å². The van der Waals surface area contributed by atoms with Crippen LogP contribution < -0.4 is 5.43 Å². The number of nitro benzene ring substituents is 1. The molecule has 0 bridgehead atoms. The molecule has 1 aromatic rings. The second kappa shape index (κ2) is 5.61. The number of hydrogen-bond acceptors (Lipinski definition) is 4. The van der Waals surface area contributed by atoms with Gasteiger partial charge in [-0.1, -0.05) is 26.8 Å². The number of nitrogens with zero attached hydrogens (tertiary/aromatic N) is 2. The van der Waals surface area contributed by atoms with Crippen molar-refractivity contribution in [1.82, 2.24) is 0 Å². The van der Waals surface area contributed by atoms with Gasteiger partial charge in [-0.25, -0.2) is 0 Å². The van der Waals surface area contributed by atoms with E-state index in [1.165, 1.54) is 18.6 Å². The van der Waals surface area contributed by atoms with Crippen molar-refractivity contribution in [2.24, 2.45) is 16.4 Å². The molecule has 5 nitrogen and oxygen atoms in total. The van der Waals surface area contributed by atoms with Gasteiger partial charge >= 0.3 is 0 Å². The lowest BCUT2D eigenvalue weighted by molar-refractivity contribution is -0.384. The summed E-state index contributed by atoms with van der Waals surface area (Å²) in [5, 5.41) is 15.2. The lowest BCUT2D eigenvalue weighted by Gasteiger charge is -2.34. The summed E-state index contributed by atoms with van der Waals surface area (Å²) in [4.78, 5) is 10.3. The molecule has 1 atom stereocenters. The summed E-state index contributed by atoms with van der Waals surface area (Å²) in [6.07, 6.45) is 3.17. The Bertz CT molecular complexity index is 538. The Morgan fingerprint density at radius 1 is 1.45 bits per heavy atom. The Morgan fingerprint density at radius 2 is 2.20 bits per heavy atom. The quantitative estimate of drug-likeness (QED) is 0.663. The first-order chi connectivity index (χ1) is 9.35. The summed E-state index contributed by atoms with van der Waals surface area (Å²) < 4.78 is 0. The molecule has 1 N–H and O–H groups in total. The number of rotatable bonds is 3. The molecule has 0 aromatic heterocycles. The molecule has 0 aliphatic heterocycles. The van der Waals surface area contributed by atoms with Gasteiger partial charge in [-0.2, -0.15) is 5.10 Å². The smallest absolute Gasteiger partial charge is 0.271 e. The van der Waals surface area contributed by atoms with Gasteiger partial charge in [0.2, 0.25) is 0 Å². The molecule has 1 aliphatic carbocycles. The average Bonchev–Trinajstić information content (AvgIpc) is 2.34. The predicted octanol–water partition coefficient (Wildman–Crippen LogP) is 4.21. The standard InChI is InChI=1S/C15H21N3O2/c1-11-7-13(10-15(2,3)9-11)17-16-12-5-4-6-14(8-12)18(19)20/h4-6,8,11,16H,7,9-10H2,1-3H3. The van der Waals surface area contributed by atoms with Crippen LogP contribution in [0.4, 0.5) is 11.4 Å². The molecule has 108 valence electrons. The fourth-order valence-corrected chi connectivity index (χ4v) is 3.03. The van der Waals surface area contributed by atoms with Gasteiger partial charge in [0.25, 0.3) is 5.69 Å². The van der Waals surface area contributed by atoms with E-state index in [1.807, 2.05) is 0 Å². The zero-order valence-electron chi connectivity index (χ0n) is 12.2. The maximum absolute atomic E-state index is 10.7. The van der Waals surface area contributed by atoms with E-state index in [2.05, 4.69) is 31.3 Å². The van der Waals surface area contributed by atoms with Gasteiger partial charge in [0.15, 0.2) is 0 Å². The fraction of sp³-hybridized carbons (Fsp3) is 0.533. The molecule has 1 saturated carbocycles. The molecule has 0 spiro atoms. The second-order valence-electron chi connectivity index (χ2n) is 6.45. The molecule has 0 heterocycles. The topological polar surface area (TPSA) is 67.5 Å². The summed E-state index contributed by atoms with van der Waals surface area (Å²) in [7, 11) is 0. The van der Waals surface area contributed by atoms with Gasteiger partial charge in [0.1, 0.15) is 0 Å². The Hall–Kier alpha value is -1.91. The summed E-state index contributed by atoms with van der Waals surface area (Å²) >= 11 is 0. The van der Waals surface area contributed by atoms with Crippen LogP contribution in [-0.4, -0.2) is 10.6 Å². The molecule has 0 radical (unpaired) electrons. The molecule has 2 rings (SSSR count). The van der Waals surface area contributed by atoms with E-state index in [1.54, 1.807) is 12.1 Å². The van der Waals surface area contributed by atoms with Crippen LogP contribution in [0.1, 0.15) is 40.0 Å². The molecule has 1 unspecified atom stereocenters. The van der Waals surface area contributed by atoms with E-state index >= 15 is 0 Å². The predicted molar refractivity (Wildman–Crippen MR) is 81.0 cm³/mol. The van der Waals surface area contributed by atoms with E-state index in [-0.39, 0.29) is 11.1 Å². The normalized spacial score (nSPS) is 23.6. The summed E-state index contributed by atoms with van der Waals surface area (Å²) in [6, 6.07) is 6.42. The van der Waals surface area contributed by atoms with Gasteiger partial charge < -0.3 is 0 Å². The monoisotopic (exact) mass is 275 g/mol. The summed E-state index contributed by atoms with van der Waals surface area (Å²) in [5.41, 5.74) is 5.10. The maximum Gasteiger partial charge on any atom is 0.271 e. The van der Waals surface area contributed by atoms with Crippen LogP contribution >= 0.6 is 0 Å². The van der Waals surface area contributed by atoms with Crippen LogP contribution in [0.5, 0.6) is 0 Å². The van der Waals surface area contributed by atoms with Crippen molar-refractivity contribution in [1.29, 1.82) is 0 Å². The number of hydrazone groups is 1. The first-order valence-corrected chi connectivity index (χ1v) is 6.92. The van der Waals surface area contributed by atoms with E-state index in [0.29, 0.717) is 11.6 Å². The van der Waals surface area contributed by atoms with Gasteiger partial charge in [0.05, 0.1) is 10.6 Å². The molecule has 0 amide bonds. The van der Waals surface area contributed by atoms with Crippen LogP contribution in [0.25, 0.3) is 0 Å². The van der Waals surface area contributed by atoms with E-state index in [0.717, 1.165) is 18.6 Å². The molecule has 5 heteroatoms. The maximum atomic E-state index is 10.7.